The highest BCUT2D eigenvalue weighted by molar-refractivity contribution is 5.44. The van der Waals surface area contributed by atoms with Crippen molar-refractivity contribution in [3.8, 4) is 0 Å². The average Bonchev–Trinajstić information content (AvgIpc) is 2.08. The molecule has 0 amide bonds. The second kappa shape index (κ2) is 4.00. The van der Waals surface area contributed by atoms with Crippen LogP contribution in [0.15, 0.2) is 18.2 Å². The number of nitro benzene ring substituents is 1. The summed E-state index contributed by atoms with van der Waals surface area (Å²) in [4.78, 5) is 10.2. The van der Waals surface area contributed by atoms with Crippen molar-refractivity contribution >= 4 is 5.69 Å². The van der Waals surface area contributed by atoms with Gasteiger partial charge in [-0.25, -0.2) is 0 Å². The second-order valence-electron chi connectivity index (χ2n) is 2.76. The lowest BCUT2D eigenvalue weighted by Crippen LogP contribution is -1.99. The van der Waals surface area contributed by atoms with E-state index in [1.54, 1.807) is 6.07 Å². The minimum absolute atomic E-state index is 0.127. The maximum absolute atomic E-state index is 10.6. The third-order valence-electron chi connectivity index (χ3n) is 1.87. The molecule has 0 atom stereocenters. The van der Waals surface area contributed by atoms with Crippen LogP contribution in [0.3, 0.4) is 0 Å². The first-order valence-corrected chi connectivity index (χ1v) is 3.88. The molecule has 0 fully saturated rings. The van der Waals surface area contributed by atoms with E-state index in [0.717, 1.165) is 5.56 Å². The van der Waals surface area contributed by atoms with E-state index < -0.39 is 0 Å². The van der Waals surface area contributed by atoms with Crippen LogP contribution < -0.4 is 0 Å². The molecular weight excluding hydrogens is 170 g/mol. The Labute approximate surface area is 76.3 Å². The maximum atomic E-state index is 10.6. The number of nitrogens with zero attached hydrogens (tertiary/aromatic N) is 1. The van der Waals surface area contributed by atoms with Crippen LogP contribution in [-0.4, -0.2) is 12.0 Å². The monoisotopic (exact) mass is 181 g/mol. The summed E-state index contributed by atoms with van der Waals surface area (Å²) in [5.41, 5.74) is 1.66. The van der Waals surface area contributed by atoms with Crippen LogP contribution in [0.25, 0.3) is 0 Å². The van der Waals surface area contributed by atoms with Gasteiger partial charge in [-0.15, -0.1) is 0 Å². The fourth-order valence-corrected chi connectivity index (χ4v) is 1.19. The van der Waals surface area contributed by atoms with E-state index in [4.69, 9.17) is 4.74 Å². The number of methoxy groups -OCH3 is 1. The zero-order valence-corrected chi connectivity index (χ0v) is 7.61. The number of ether oxygens (including phenoxy) is 1. The lowest BCUT2D eigenvalue weighted by atomic mass is 10.1. The molecule has 0 aliphatic rings. The van der Waals surface area contributed by atoms with Crippen LogP contribution in [0.2, 0.25) is 0 Å². The summed E-state index contributed by atoms with van der Waals surface area (Å²) in [6.45, 7) is 2.12. The van der Waals surface area contributed by atoms with Gasteiger partial charge in [0.2, 0.25) is 0 Å². The van der Waals surface area contributed by atoms with E-state index in [0.29, 0.717) is 5.56 Å². The molecule has 1 rings (SSSR count). The van der Waals surface area contributed by atoms with Gasteiger partial charge in [0.05, 0.1) is 17.1 Å². The van der Waals surface area contributed by atoms with Crippen molar-refractivity contribution in [3.63, 3.8) is 0 Å². The van der Waals surface area contributed by atoms with Gasteiger partial charge in [0.15, 0.2) is 0 Å². The molecule has 0 aliphatic carbocycles. The zero-order chi connectivity index (χ0) is 9.84. The highest BCUT2D eigenvalue weighted by atomic mass is 16.6. The molecule has 0 aromatic heterocycles. The van der Waals surface area contributed by atoms with Gasteiger partial charge in [0.1, 0.15) is 0 Å². The van der Waals surface area contributed by atoms with Crippen molar-refractivity contribution < 1.29 is 9.66 Å². The molecule has 0 aliphatic heterocycles. The Kier molecular flexibility index (Phi) is 2.97. The molecular formula is C9H11NO3. The Hall–Kier alpha value is -1.42. The molecule has 0 saturated heterocycles. The van der Waals surface area contributed by atoms with Crippen LogP contribution in [0.5, 0.6) is 0 Å². The van der Waals surface area contributed by atoms with E-state index in [-0.39, 0.29) is 17.2 Å². The van der Waals surface area contributed by atoms with Crippen molar-refractivity contribution in [2.24, 2.45) is 0 Å². The summed E-state index contributed by atoms with van der Waals surface area (Å²) >= 11 is 0. The lowest BCUT2D eigenvalue weighted by molar-refractivity contribution is -0.386. The van der Waals surface area contributed by atoms with E-state index >= 15 is 0 Å². The number of benzene rings is 1. The third kappa shape index (κ3) is 2.03. The Morgan fingerprint density at radius 2 is 2.23 bits per heavy atom. The van der Waals surface area contributed by atoms with Crippen molar-refractivity contribution in [1.82, 2.24) is 0 Å². The molecule has 4 heteroatoms. The van der Waals surface area contributed by atoms with Gasteiger partial charge in [-0.2, -0.15) is 0 Å². The second-order valence-corrected chi connectivity index (χ2v) is 2.76. The number of hydrogen-bond acceptors (Lipinski definition) is 3. The Balaban J connectivity index is 3.17. The van der Waals surface area contributed by atoms with Gasteiger partial charge in [0.25, 0.3) is 5.69 Å². The van der Waals surface area contributed by atoms with Gasteiger partial charge < -0.3 is 4.74 Å². The standard InChI is InChI=1S/C9H11NO3/c1-7-4-3-5-9(10(11)12)8(7)6-13-2/h3-5H,6H2,1-2H3. The molecule has 1 aromatic rings. The highest BCUT2D eigenvalue weighted by Crippen LogP contribution is 2.22. The Bertz CT molecular complexity index is 323. The normalized spacial score (nSPS) is 10.0. The first kappa shape index (κ1) is 9.67. The molecule has 0 saturated carbocycles. The smallest absolute Gasteiger partial charge is 0.275 e. The Morgan fingerprint density at radius 1 is 1.54 bits per heavy atom. The minimum Gasteiger partial charge on any atom is -0.380 e. The van der Waals surface area contributed by atoms with Crippen molar-refractivity contribution in [2.75, 3.05) is 7.11 Å². The molecule has 0 spiro atoms. The fourth-order valence-electron chi connectivity index (χ4n) is 1.19. The molecule has 0 radical (unpaired) electrons. The molecule has 0 heterocycles. The summed E-state index contributed by atoms with van der Waals surface area (Å²) in [5, 5.41) is 10.6. The van der Waals surface area contributed by atoms with Crippen LogP contribution in [-0.2, 0) is 11.3 Å². The van der Waals surface area contributed by atoms with E-state index in [2.05, 4.69) is 0 Å². The summed E-state index contributed by atoms with van der Waals surface area (Å²) in [7, 11) is 1.52. The predicted molar refractivity (Wildman–Crippen MR) is 48.5 cm³/mol. The maximum Gasteiger partial charge on any atom is 0.275 e. The Morgan fingerprint density at radius 3 is 2.77 bits per heavy atom. The summed E-state index contributed by atoms with van der Waals surface area (Å²) in [6, 6.07) is 5.00. The first-order valence-electron chi connectivity index (χ1n) is 3.88. The van der Waals surface area contributed by atoms with Gasteiger partial charge in [-0.05, 0) is 12.5 Å². The van der Waals surface area contributed by atoms with Gasteiger partial charge in [-0.1, -0.05) is 12.1 Å². The molecule has 0 N–H and O–H groups in total. The quantitative estimate of drug-likeness (QED) is 0.529. The summed E-state index contributed by atoms with van der Waals surface area (Å²) in [6.07, 6.45) is 0. The number of aryl methyl sites for hydroxylation is 1. The van der Waals surface area contributed by atoms with Crippen LogP contribution in [0, 0.1) is 17.0 Å². The van der Waals surface area contributed by atoms with E-state index in [1.807, 2.05) is 13.0 Å². The average molecular weight is 181 g/mol. The summed E-state index contributed by atoms with van der Waals surface area (Å²) < 4.78 is 4.90. The van der Waals surface area contributed by atoms with Crippen LogP contribution >= 0.6 is 0 Å². The largest absolute Gasteiger partial charge is 0.380 e. The highest BCUT2D eigenvalue weighted by Gasteiger charge is 2.14. The molecule has 13 heavy (non-hydrogen) atoms. The topological polar surface area (TPSA) is 52.4 Å². The van der Waals surface area contributed by atoms with Crippen molar-refractivity contribution in [1.29, 1.82) is 0 Å². The van der Waals surface area contributed by atoms with Gasteiger partial charge in [0, 0.05) is 13.2 Å². The minimum atomic E-state index is -0.388. The summed E-state index contributed by atoms with van der Waals surface area (Å²) in [5.74, 6) is 0. The third-order valence-corrected chi connectivity index (χ3v) is 1.87. The van der Waals surface area contributed by atoms with Gasteiger partial charge >= 0.3 is 0 Å². The zero-order valence-electron chi connectivity index (χ0n) is 7.61. The van der Waals surface area contributed by atoms with Gasteiger partial charge in [-0.3, -0.25) is 10.1 Å². The molecule has 0 bridgehead atoms. The van der Waals surface area contributed by atoms with Crippen LogP contribution in [0.4, 0.5) is 5.69 Å². The van der Waals surface area contributed by atoms with Crippen LogP contribution in [0.1, 0.15) is 11.1 Å². The number of hydrogen-bond donors (Lipinski definition) is 0. The van der Waals surface area contributed by atoms with Crippen molar-refractivity contribution in [2.45, 2.75) is 13.5 Å². The number of nitro groups is 1. The molecule has 0 unspecified atom stereocenters. The molecule has 4 nitrogen and oxygen atoms in total. The van der Waals surface area contributed by atoms with E-state index in [9.17, 15) is 10.1 Å². The molecule has 70 valence electrons. The first-order chi connectivity index (χ1) is 6.16. The molecule has 1 aromatic carbocycles. The van der Waals surface area contributed by atoms with E-state index in [1.165, 1.54) is 13.2 Å². The number of rotatable bonds is 3. The predicted octanol–water partition coefficient (Wildman–Crippen LogP) is 2.05. The SMILES string of the molecule is COCc1c(C)cccc1[N+](=O)[O-]. The van der Waals surface area contributed by atoms with Crippen molar-refractivity contribution in [3.05, 3.63) is 39.4 Å². The fraction of sp³-hybridized carbons (Fsp3) is 0.333. The lowest BCUT2D eigenvalue weighted by Gasteiger charge is -2.04.